The highest BCUT2D eigenvalue weighted by Crippen LogP contribution is 2.45. The Hall–Kier alpha value is -0.120. The van der Waals surface area contributed by atoms with Crippen LogP contribution in [0.15, 0.2) is 0 Å². The zero-order valence-corrected chi connectivity index (χ0v) is 7.62. The summed E-state index contributed by atoms with van der Waals surface area (Å²) in [5, 5.41) is 8.87. The maximum absolute atomic E-state index is 8.87. The summed E-state index contributed by atoms with van der Waals surface area (Å²) in [4.78, 5) is 0. The topological polar surface area (TPSA) is 38.7 Å². The minimum absolute atomic E-state index is 0.220. The predicted molar refractivity (Wildman–Crippen MR) is 43.6 cm³/mol. The van der Waals surface area contributed by atoms with Crippen molar-refractivity contribution in [2.45, 2.75) is 32.2 Å². The lowest BCUT2D eigenvalue weighted by Gasteiger charge is -2.16. The van der Waals surface area contributed by atoms with Gasteiger partial charge in [0, 0.05) is 6.61 Å². The zero-order valence-electron chi connectivity index (χ0n) is 7.62. The summed E-state index contributed by atoms with van der Waals surface area (Å²) >= 11 is 0. The Balaban J connectivity index is 1.85. The van der Waals surface area contributed by atoms with Gasteiger partial charge in [0.05, 0.1) is 12.7 Å². The molecule has 2 fully saturated rings. The molecule has 12 heavy (non-hydrogen) atoms. The molecule has 70 valence electrons. The Labute approximate surface area is 72.7 Å². The molecule has 3 atom stereocenters. The molecule has 0 amide bonds. The van der Waals surface area contributed by atoms with Crippen LogP contribution < -0.4 is 0 Å². The molecule has 3 nitrogen and oxygen atoms in total. The lowest BCUT2D eigenvalue weighted by molar-refractivity contribution is -0.141. The van der Waals surface area contributed by atoms with Crippen LogP contribution in [0, 0.1) is 11.8 Å². The fourth-order valence-corrected chi connectivity index (χ4v) is 1.86. The van der Waals surface area contributed by atoms with Crippen LogP contribution in [0.1, 0.15) is 20.3 Å². The number of hydrogen-bond acceptors (Lipinski definition) is 3. The van der Waals surface area contributed by atoms with Gasteiger partial charge >= 0.3 is 0 Å². The van der Waals surface area contributed by atoms with E-state index in [1.807, 2.05) is 13.8 Å². The van der Waals surface area contributed by atoms with E-state index in [0.717, 1.165) is 6.42 Å². The third kappa shape index (κ3) is 1.49. The maximum Gasteiger partial charge on any atom is 0.163 e. The van der Waals surface area contributed by atoms with Crippen LogP contribution in [-0.4, -0.2) is 30.2 Å². The molecule has 0 aromatic heterocycles. The van der Waals surface area contributed by atoms with Crippen LogP contribution in [0.3, 0.4) is 0 Å². The minimum Gasteiger partial charge on any atom is -0.396 e. The minimum atomic E-state index is -0.409. The van der Waals surface area contributed by atoms with Crippen molar-refractivity contribution in [3.8, 4) is 0 Å². The number of rotatable bonds is 2. The standard InChI is InChI=1S/C9H16O3/c1-9(2)11-5-8(12-9)7-3-6(7)4-10/h6-8,10H,3-5H2,1-2H3/t6-,7+,8+/m0/s1. The lowest BCUT2D eigenvalue weighted by Crippen LogP contribution is -2.22. The lowest BCUT2D eigenvalue weighted by atomic mass is 10.2. The first kappa shape index (κ1) is 8.48. The summed E-state index contributed by atoms with van der Waals surface area (Å²) in [5.41, 5.74) is 0. The monoisotopic (exact) mass is 172 g/mol. The summed E-state index contributed by atoms with van der Waals surface area (Å²) < 4.78 is 11.1. The molecule has 1 N–H and O–H groups in total. The van der Waals surface area contributed by atoms with Crippen LogP contribution in [0.5, 0.6) is 0 Å². The van der Waals surface area contributed by atoms with E-state index in [1.54, 1.807) is 0 Å². The van der Waals surface area contributed by atoms with Crippen LogP contribution in [0.4, 0.5) is 0 Å². The van der Waals surface area contributed by atoms with Gasteiger partial charge in [0.25, 0.3) is 0 Å². The molecule has 2 rings (SSSR count). The van der Waals surface area contributed by atoms with Crippen molar-refractivity contribution in [3.05, 3.63) is 0 Å². The van der Waals surface area contributed by atoms with Crippen LogP contribution >= 0.6 is 0 Å². The van der Waals surface area contributed by atoms with Crippen molar-refractivity contribution in [1.82, 2.24) is 0 Å². The average molecular weight is 172 g/mol. The van der Waals surface area contributed by atoms with Crippen LogP contribution in [-0.2, 0) is 9.47 Å². The molecule has 1 aliphatic heterocycles. The van der Waals surface area contributed by atoms with Gasteiger partial charge in [-0.1, -0.05) is 0 Å². The van der Waals surface area contributed by atoms with Gasteiger partial charge in [0.15, 0.2) is 5.79 Å². The molecule has 1 saturated heterocycles. The molecule has 1 heterocycles. The molecule has 3 heteroatoms. The fourth-order valence-electron chi connectivity index (χ4n) is 1.86. The largest absolute Gasteiger partial charge is 0.396 e. The second kappa shape index (κ2) is 2.69. The first-order valence-corrected chi connectivity index (χ1v) is 4.55. The van der Waals surface area contributed by atoms with Gasteiger partial charge in [0.1, 0.15) is 0 Å². The molecule has 0 bridgehead atoms. The average Bonchev–Trinajstić information content (AvgIpc) is 2.70. The second-order valence-corrected chi connectivity index (χ2v) is 4.21. The molecular formula is C9H16O3. The molecule has 0 spiro atoms. The van der Waals surface area contributed by atoms with Crippen LogP contribution in [0.25, 0.3) is 0 Å². The van der Waals surface area contributed by atoms with Crippen molar-refractivity contribution in [1.29, 1.82) is 0 Å². The Morgan fingerprint density at radius 2 is 2.25 bits per heavy atom. The van der Waals surface area contributed by atoms with E-state index in [-0.39, 0.29) is 6.10 Å². The summed E-state index contributed by atoms with van der Waals surface area (Å²) in [6.07, 6.45) is 1.32. The summed E-state index contributed by atoms with van der Waals surface area (Å²) in [6.45, 7) is 4.85. The molecule has 0 aromatic carbocycles. The van der Waals surface area contributed by atoms with Gasteiger partial charge in [-0.05, 0) is 32.1 Å². The van der Waals surface area contributed by atoms with Gasteiger partial charge in [-0.25, -0.2) is 0 Å². The Kier molecular flexibility index (Phi) is 1.90. The predicted octanol–water partition coefficient (Wildman–Crippen LogP) is 0.766. The van der Waals surface area contributed by atoms with E-state index < -0.39 is 5.79 Å². The molecule has 0 unspecified atom stereocenters. The number of ether oxygens (including phenoxy) is 2. The molecule has 1 aliphatic carbocycles. The summed E-state index contributed by atoms with van der Waals surface area (Å²) in [6, 6.07) is 0. The zero-order chi connectivity index (χ0) is 8.77. The van der Waals surface area contributed by atoms with Crippen molar-refractivity contribution >= 4 is 0 Å². The first-order chi connectivity index (χ1) is 5.62. The second-order valence-electron chi connectivity index (χ2n) is 4.21. The van der Waals surface area contributed by atoms with Crippen LogP contribution in [0.2, 0.25) is 0 Å². The van der Waals surface area contributed by atoms with Crippen molar-refractivity contribution < 1.29 is 14.6 Å². The highest BCUT2D eigenvalue weighted by Gasteiger charge is 2.48. The number of hydrogen-bond donors (Lipinski definition) is 1. The quantitative estimate of drug-likeness (QED) is 0.668. The third-order valence-electron chi connectivity index (χ3n) is 2.72. The normalized spacial score (nSPS) is 44.8. The van der Waals surface area contributed by atoms with Gasteiger partial charge in [0.2, 0.25) is 0 Å². The number of aliphatic hydroxyl groups excluding tert-OH is 1. The Bertz CT molecular complexity index is 179. The summed E-state index contributed by atoms with van der Waals surface area (Å²) in [7, 11) is 0. The highest BCUT2D eigenvalue weighted by atomic mass is 16.7. The van der Waals surface area contributed by atoms with Gasteiger partial charge in [-0.15, -0.1) is 0 Å². The van der Waals surface area contributed by atoms with Gasteiger partial charge < -0.3 is 14.6 Å². The maximum atomic E-state index is 8.87. The van der Waals surface area contributed by atoms with E-state index in [0.29, 0.717) is 25.0 Å². The van der Waals surface area contributed by atoms with Gasteiger partial charge in [-0.2, -0.15) is 0 Å². The van der Waals surface area contributed by atoms with E-state index in [9.17, 15) is 0 Å². The molecule has 0 aromatic rings. The van der Waals surface area contributed by atoms with Crippen molar-refractivity contribution in [2.24, 2.45) is 11.8 Å². The highest BCUT2D eigenvalue weighted by molar-refractivity contribution is 4.94. The van der Waals surface area contributed by atoms with E-state index in [1.165, 1.54) is 0 Å². The third-order valence-corrected chi connectivity index (χ3v) is 2.72. The van der Waals surface area contributed by atoms with Crippen molar-refractivity contribution in [3.63, 3.8) is 0 Å². The SMILES string of the molecule is CC1(C)OC[C@H]([C@@H]2C[C@H]2CO)O1. The Morgan fingerprint density at radius 1 is 1.50 bits per heavy atom. The van der Waals surface area contributed by atoms with E-state index in [2.05, 4.69) is 0 Å². The van der Waals surface area contributed by atoms with E-state index in [4.69, 9.17) is 14.6 Å². The molecule has 0 radical (unpaired) electrons. The molecular weight excluding hydrogens is 156 g/mol. The molecule has 2 aliphatic rings. The fraction of sp³-hybridized carbons (Fsp3) is 1.00. The smallest absolute Gasteiger partial charge is 0.163 e. The van der Waals surface area contributed by atoms with E-state index >= 15 is 0 Å². The Morgan fingerprint density at radius 3 is 2.67 bits per heavy atom. The van der Waals surface area contributed by atoms with Gasteiger partial charge in [-0.3, -0.25) is 0 Å². The number of aliphatic hydroxyl groups is 1. The van der Waals surface area contributed by atoms with Crippen molar-refractivity contribution in [2.75, 3.05) is 13.2 Å². The molecule has 1 saturated carbocycles. The first-order valence-electron chi connectivity index (χ1n) is 4.55. The summed E-state index contributed by atoms with van der Waals surface area (Å²) in [5.74, 6) is 0.594.